The summed E-state index contributed by atoms with van der Waals surface area (Å²) in [4.78, 5) is 12.5. The number of aromatic nitrogens is 2. The molecule has 8 heteroatoms. The van der Waals surface area contributed by atoms with E-state index in [0.29, 0.717) is 28.3 Å². The van der Waals surface area contributed by atoms with Gasteiger partial charge in [-0.1, -0.05) is 17.8 Å². The number of anilines is 1. The molecule has 0 radical (unpaired) electrons. The van der Waals surface area contributed by atoms with Crippen molar-refractivity contribution in [2.45, 2.75) is 31.2 Å². The standard InChI is InChI=1S/C21H23N3O4S/c1-12-6-7-15(10-13(12)2)20-23-24-21(28-20)29-14(3)19(25)22-16-8-9-17(26-4)18(11-16)27-5/h6-11,14H,1-5H3,(H,22,25)/t14-/m0/s1. The van der Waals surface area contributed by atoms with E-state index in [1.165, 1.54) is 17.3 Å². The Labute approximate surface area is 173 Å². The van der Waals surface area contributed by atoms with E-state index in [9.17, 15) is 4.79 Å². The second-order valence-corrected chi connectivity index (χ2v) is 7.78. The van der Waals surface area contributed by atoms with Crippen molar-refractivity contribution < 1.29 is 18.7 Å². The van der Waals surface area contributed by atoms with Gasteiger partial charge in [0.1, 0.15) is 0 Å². The molecule has 0 aliphatic heterocycles. The average molecular weight is 413 g/mol. The number of carbonyl (C=O) groups excluding carboxylic acids is 1. The van der Waals surface area contributed by atoms with Crippen LogP contribution in [0.15, 0.2) is 46.0 Å². The van der Waals surface area contributed by atoms with Crippen molar-refractivity contribution in [3.05, 3.63) is 47.5 Å². The Balaban J connectivity index is 1.65. The molecule has 0 saturated heterocycles. The lowest BCUT2D eigenvalue weighted by atomic mass is 10.1. The summed E-state index contributed by atoms with van der Waals surface area (Å²) < 4.78 is 16.2. The smallest absolute Gasteiger partial charge is 0.277 e. The number of ether oxygens (including phenoxy) is 2. The highest BCUT2D eigenvalue weighted by atomic mass is 32.2. The number of hydrogen-bond donors (Lipinski definition) is 1. The third-order valence-electron chi connectivity index (χ3n) is 4.46. The highest BCUT2D eigenvalue weighted by Gasteiger charge is 2.19. The molecule has 1 atom stereocenters. The van der Waals surface area contributed by atoms with Crippen LogP contribution >= 0.6 is 11.8 Å². The van der Waals surface area contributed by atoms with E-state index in [1.54, 1.807) is 39.3 Å². The summed E-state index contributed by atoms with van der Waals surface area (Å²) in [7, 11) is 3.11. The van der Waals surface area contributed by atoms with Crippen LogP contribution in [0.3, 0.4) is 0 Å². The topological polar surface area (TPSA) is 86.5 Å². The van der Waals surface area contributed by atoms with Crippen molar-refractivity contribution in [1.29, 1.82) is 0 Å². The van der Waals surface area contributed by atoms with Crippen molar-refractivity contribution in [2.24, 2.45) is 0 Å². The van der Waals surface area contributed by atoms with E-state index in [-0.39, 0.29) is 5.91 Å². The fraction of sp³-hybridized carbons (Fsp3) is 0.286. The Morgan fingerprint density at radius 3 is 2.48 bits per heavy atom. The monoisotopic (exact) mass is 413 g/mol. The van der Waals surface area contributed by atoms with E-state index in [4.69, 9.17) is 13.9 Å². The lowest BCUT2D eigenvalue weighted by Crippen LogP contribution is -2.22. The first-order valence-electron chi connectivity index (χ1n) is 9.02. The summed E-state index contributed by atoms with van der Waals surface area (Å²) in [5.74, 6) is 1.38. The van der Waals surface area contributed by atoms with Crippen LogP contribution in [0.25, 0.3) is 11.5 Å². The molecule has 0 bridgehead atoms. The number of aryl methyl sites for hydroxylation is 2. The van der Waals surface area contributed by atoms with Gasteiger partial charge in [0.25, 0.3) is 5.22 Å². The van der Waals surface area contributed by atoms with Crippen molar-refractivity contribution >= 4 is 23.4 Å². The minimum Gasteiger partial charge on any atom is -0.493 e. The van der Waals surface area contributed by atoms with Crippen LogP contribution in [-0.4, -0.2) is 35.6 Å². The summed E-state index contributed by atoms with van der Waals surface area (Å²) in [6.07, 6.45) is 0. The van der Waals surface area contributed by atoms with Gasteiger partial charge in [0.2, 0.25) is 11.8 Å². The Kier molecular flexibility index (Phi) is 6.43. The Bertz CT molecular complexity index is 1020. The number of nitrogens with one attached hydrogen (secondary N) is 1. The van der Waals surface area contributed by atoms with Crippen LogP contribution in [-0.2, 0) is 4.79 Å². The second kappa shape index (κ2) is 9.00. The van der Waals surface area contributed by atoms with Gasteiger partial charge in [-0.3, -0.25) is 4.79 Å². The molecule has 3 rings (SSSR count). The molecule has 3 aromatic rings. The van der Waals surface area contributed by atoms with Crippen LogP contribution < -0.4 is 14.8 Å². The molecule has 0 aliphatic carbocycles. The first kappa shape index (κ1) is 20.7. The molecule has 152 valence electrons. The van der Waals surface area contributed by atoms with Crippen LogP contribution in [0.1, 0.15) is 18.1 Å². The van der Waals surface area contributed by atoms with E-state index < -0.39 is 5.25 Å². The molecule has 1 N–H and O–H groups in total. The zero-order valence-corrected chi connectivity index (χ0v) is 17.8. The number of carbonyl (C=O) groups is 1. The van der Waals surface area contributed by atoms with E-state index >= 15 is 0 Å². The van der Waals surface area contributed by atoms with Gasteiger partial charge < -0.3 is 19.2 Å². The summed E-state index contributed by atoms with van der Waals surface area (Å²) in [6, 6.07) is 11.2. The second-order valence-electron chi connectivity index (χ2n) is 6.49. The summed E-state index contributed by atoms with van der Waals surface area (Å²) in [5, 5.41) is 10.9. The Morgan fingerprint density at radius 1 is 1.03 bits per heavy atom. The van der Waals surface area contributed by atoms with Gasteiger partial charge in [0.15, 0.2) is 11.5 Å². The first-order valence-corrected chi connectivity index (χ1v) is 9.90. The van der Waals surface area contributed by atoms with E-state index in [2.05, 4.69) is 15.5 Å². The lowest BCUT2D eigenvalue weighted by molar-refractivity contribution is -0.115. The van der Waals surface area contributed by atoms with Gasteiger partial charge in [0, 0.05) is 17.3 Å². The number of benzene rings is 2. The molecule has 0 saturated carbocycles. The predicted molar refractivity (Wildman–Crippen MR) is 113 cm³/mol. The van der Waals surface area contributed by atoms with Crippen LogP contribution in [0.5, 0.6) is 11.5 Å². The van der Waals surface area contributed by atoms with E-state index in [0.717, 1.165) is 11.1 Å². The SMILES string of the molecule is COc1ccc(NC(=O)[C@H](C)Sc2nnc(-c3ccc(C)c(C)c3)o2)cc1OC. The fourth-order valence-electron chi connectivity index (χ4n) is 2.61. The van der Waals surface area contributed by atoms with Gasteiger partial charge in [0.05, 0.1) is 19.5 Å². The largest absolute Gasteiger partial charge is 0.493 e. The molecule has 0 aliphatic rings. The number of amides is 1. The molecule has 2 aromatic carbocycles. The van der Waals surface area contributed by atoms with Crippen LogP contribution in [0.4, 0.5) is 5.69 Å². The summed E-state index contributed by atoms with van der Waals surface area (Å²) in [6.45, 7) is 5.86. The normalized spacial score (nSPS) is 11.8. The van der Waals surface area contributed by atoms with Gasteiger partial charge >= 0.3 is 0 Å². The zero-order valence-electron chi connectivity index (χ0n) is 17.0. The first-order chi connectivity index (χ1) is 13.9. The molecule has 29 heavy (non-hydrogen) atoms. The zero-order chi connectivity index (χ0) is 21.0. The molecule has 1 heterocycles. The molecule has 7 nitrogen and oxygen atoms in total. The Hall–Kier alpha value is -3.00. The van der Waals surface area contributed by atoms with Crippen molar-refractivity contribution in [2.75, 3.05) is 19.5 Å². The summed E-state index contributed by atoms with van der Waals surface area (Å²) >= 11 is 1.20. The lowest BCUT2D eigenvalue weighted by Gasteiger charge is -2.12. The van der Waals surface area contributed by atoms with Crippen molar-refractivity contribution in [1.82, 2.24) is 10.2 Å². The third-order valence-corrected chi connectivity index (χ3v) is 5.39. The molecular formula is C21H23N3O4S. The van der Waals surface area contributed by atoms with Gasteiger partial charge in [-0.2, -0.15) is 0 Å². The van der Waals surface area contributed by atoms with Gasteiger partial charge in [-0.25, -0.2) is 0 Å². The number of nitrogens with zero attached hydrogens (tertiary/aromatic N) is 2. The van der Waals surface area contributed by atoms with Gasteiger partial charge in [-0.15, -0.1) is 10.2 Å². The Morgan fingerprint density at radius 2 is 1.79 bits per heavy atom. The highest BCUT2D eigenvalue weighted by molar-refractivity contribution is 8.00. The quantitative estimate of drug-likeness (QED) is 0.571. The molecule has 0 fully saturated rings. The number of thioether (sulfide) groups is 1. The molecule has 1 amide bonds. The van der Waals surface area contributed by atoms with Crippen LogP contribution in [0.2, 0.25) is 0 Å². The van der Waals surface area contributed by atoms with E-state index in [1.807, 2.05) is 32.0 Å². The van der Waals surface area contributed by atoms with Gasteiger partial charge in [-0.05, 0) is 56.2 Å². The number of methoxy groups -OCH3 is 2. The van der Waals surface area contributed by atoms with Crippen LogP contribution in [0, 0.1) is 13.8 Å². The maximum Gasteiger partial charge on any atom is 0.277 e. The molecular weight excluding hydrogens is 390 g/mol. The van der Waals surface area contributed by atoms with Crippen molar-refractivity contribution in [3.8, 4) is 23.0 Å². The third kappa shape index (κ3) is 4.89. The average Bonchev–Trinajstić information content (AvgIpc) is 3.18. The van der Waals surface area contributed by atoms with Crippen molar-refractivity contribution in [3.63, 3.8) is 0 Å². The number of rotatable bonds is 7. The predicted octanol–water partition coefficient (Wildman–Crippen LogP) is 4.49. The minimum absolute atomic E-state index is 0.187. The maximum absolute atomic E-state index is 12.5. The molecule has 1 aromatic heterocycles. The minimum atomic E-state index is -0.434. The summed E-state index contributed by atoms with van der Waals surface area (Å²) in [5.41, 5.74) is 3.82. The molecule has 0 spiro atoms. The fourth-order valence-corrected chi connectivity index (χ4v) is 3.29. The molecule has 0 unspecified atom stereocenters. The number of hydrogen-bond acceptors (Lipinski definition) is 7. The maximum atomic E-state index is 12.5. The highest BCUT2D eigenvalue weighted by Crippen LogP contribution is 2.31.